The summed E-state index contributed by atoms with van der Waals surface area (Å²) in [6.45, 7) is 5.02. The van der Waals surface area contributed by atoms with Gasteiger partial charge in [-0.3, -0.25) is 4.90 Å². The topological polar surface area (TPSA) is 32.7 Å². The Bertz CT molecular complexity index is 367. The Morgan fingerprint density at radius 3 is 3.06 bits per heavy atom. The summed E-state index contributed by atoms with van der Waals surface area (Å²) in [4.78, 5) is 2.35. The lowest BCUT2D eigenvalue weighted by Gasteiger charge is -2.34. The van der Waals surface area contributed by atoms with E-state index in [1.54, 1.807) is 0 Å². The normalized spacial score (nSPS) is 20.9. The molecular weight excluding hydrogens is 226 g/mol. The van der Waals surface area contributed by atoms with Gasteiger partial charge < -0.3 is 9.84 Å². The van der Waals surface area contributed by atoms with Gasteiger partial charge in [-0.25, -0.2) is 0 Å². The summed E-state index contributed by atoms with van der Waals surface area (Å²) in [6, 6.07) is 8.47. The number of likely N-dealkylation sites (tertiary alicyclic amines) is 1. The van der Waals surface area contributed by atoms with E-state index in [0.29, 0.717) is 12.6 Å². The molecule has 1 atom stereocenters. The first-order valence-corrected chi connectivity index (χ1v) is 6.84. The van der Waals surface area contributed by atoms with Crippen molar-refractivity contribution in [1.82, 2.24) is 4.90 Å². The van der Waals surface area contributed by atoms with Crippen LogP contribution in [-0.2, 0) is 0 Å². The first-order chi connectivity index (χ1) is 8.79. The Kier molecular flexibility index (Phi) is 5.02. The maximum atomic E-state index is 9.33. The minimum Gasteiger partial charge on any atom is -0.492 e. The van der Waals surface area contributed by atoms with Crippen LogP contribution >= 0.6 is 0 Å². The maximum Gasteiger partial charge on any atom is 0.119 e. The van der Waals surface area contributed by atoms with Crippen molar-refractivity contribution in [3.63, 3.8) is 0 Å². The number of nitrogens with zero attached hydrogens (tertiary/aromatic N) is 1. The summed E-state index contributed by atoms with van der Waals surface area (Å²) in [6.07, 6.45) is 3.59. The predicted octanol–water partition coefficient (Wildman–Crippen LogP) is 2.22. The van der Waals surface area contributed by atoms with Crippen molar-refractivity contribution < 1.29 is 9.84 Å². The summed E-state index contributed by atoms with van der Waals surface area (Å²) in [5.41, 5.74) is 1.22. The Hall–Kier alpha value is -1.06. The van der Waals surface area contributed by atoms with E-state index in [1.807, 2.05) is 12.1 Å². The molecule has 1 aliphatic rings. The third-order valence-electron chi connectivity index (χ3n) is 3.60. The van der Waals surface area contributed by atoms with Crippen LogP contribution in [0.5, 0.6) is 5.75 Å². The molecule has 0 aliphatic carbocycles. The summed E-state index contributed by atoms with van der Waals surface area (Å²) >= 11 is 0. The van der Waals surface area contributed by atoms with E-state index in [0.717, 1.165) is 25.3 Å². The van der Waals surface area contributed by atoms with E-state index >= 15 is 0 Å². The molecule has 1 aromatic rings. The zero-order chi connectivity index (χ0) is 12.8. The van der Waals surface area contributed by atoms with Crippen molar-refractivity contribution in [3.05, 3.63) is 29.8 Å². The van der Waals surface area contributed by atoms with Gasteiger partial charge in [0.05, 0.1) is 6.61 Å². The van der Waals surface area contributed by atoms with E-state index < -0.39 is 0 Å². The molecule has 0 bridgehead atoms. The fraction of sp³-hybridized carbons (Fsp3) is 0.600. The molecule has 1 fully saturated rings. The smallest absolute Gasteiger partial charge is 0.119 e. The third-order valence-corrected chi connectivity index (χ3v) is 3.60. The van der Waals surface area contributed by atoms with Crippen LogP contribution in [0.1, 0.15) is 24.8 Å². The zero-order valence-electron chi connectivity index (χ0n) is 11.1. The number of piperidine rings is 1. The van der Waals surface area contributed by atoms with Gasteiger partial charge in [-0.2, -0.15) is 0 Å². The van der Waals surface area contributed by atoms with Crippen LogP contribution in [0.4, 0.5) is 0 Å². The molecule has 1 unspecified atom stereocenters. The van der Waals surface area contributed by atoms with E-state index in [4.69, 9.17) is 4.74 Å². The number of ether oxygens (including phenoxy) is 1. The standard InChI is InChI=1S/C15H23NO2/c1-13-5-4-7-15(11-13)18-10-9-16-8-3-2-6-14(16)12-17/h4-5,7,11,14,17H,2-3,6,8-10,12H2,1H3. The number of benzene rings is 1. The quantitative estimate of drug-likeness (QED) is 0.868. The molecule has 0 radical (unpaired) electrons. The first-order valence-electron chi connectivity index (χ1n) is 6.84. The van der Waals surface area contributed by atoms with Crippen LogP contribution < -0.4 is 4.74 Å². The lowest BCUT2D eigenvalue weighted by atomic mass is 10.0. The van der Waals surface area contributed by atoms with Crippen LogP contribution in [0.3, 0.4) is 0 Å². The molecule has 0 saturated carbocycles. The molecule has 1 N–H and O–H groups in total. The molecular formula is C15H23NO2. The van der Waals surface area contributed by atoms with Crippen LogP contribution in [0.2, 0.25) is 0 Å². The number of aliphatic hydroxyl groups is 1. The third kappa shape index (κ3) is 3.72. The summed E-state index contributed by atoms with van der Waals surface area (Å²) < 4.78 is 5.76. The molecule has 1 saturated heterocycles. The zero-order valence-corrected chi connectivity index (χ0v) is 11.1. The summed E-state index contributed by atoms with van der Waals surface area (Å²) in [5.74, 6) is 0.938. The second-order valence-corrected chi connectivity index (χ2v) is 5.03. The molecule has 18 heavy (non-hydrogen) atoms. The van der Waals surface area contributed by atoms with Crippen molar-refractivity contribution in [3.8, 4) is 5.75 Å². The van der Waals surface area contributed by atoms with E-state index in [9.17, 15) is 5.11 Å². The first kappa shape index (κ1) is 13.4. The van der Waals surface area contributed by atoms with Crippen molar-refractivity contribution in [2.75, 3.05) is 26.3 Å². The van der Waals surface area contributed by atoms with Crippen molar-refractivity contribution in [2.24, 2.45) is 0 Å². The average Bonchev–Trinajstić information content (AvgIpc) is 2.39. The van der Waals surface area contributed by atoms with Gasteiger partial charge in [-0.1, -0.05) is 18.6 Å². The summed E-state index contributed by atoms with van der Waals surface area (Å²) in [7, 11) is 0. The maximum absolute atomic E-state index is 9.33. The lowest BCUT2D eigenvalue weighted by Crippen LogP contribution is -2.43. The molecule has 3 heteroatoms. The van der Waals surface area contributed by atoms with E-state index in [-0.39, 0.29) is 6.61 Å². The van der Waals surface area contributed by atoms with Gasteiger partial charge in [0.2, 0.25) is 0 Å². The van der Waals surface area contributed by atoms with Crippen LogP contribution in [0.25, 0.3) is 0 Å². The molecule has 0 amide bonds. The highest BCUT2D eigenvalue weighted by molar-refractivity contribution is 5.27. The predicted molar refractivity (Wildman–Crippen MR) is 73.0 cm³/mol. The van der Waals surface area contributed by atoms with Gasteiger partial charge in [0.1, 0.15) is 12.4 Å². The second-order valence-electron chi connectivity index (χ2n) is 5.03. The van der Waals surface area contributed by atoms with Crippen LogP contribution in [-0.4, -0.2) is 42.4 Å². The highest BCUT2D eigenvalue weighted by atomic mass is 16.5. The fourth-order valence-electron chi connectivity index (χ4n) is 2.55. The Balaban J connectivity index is 1.77. The number of hydrogen-bond donors (Lipinski definition) is 1. The monoisotopic (exact) mass is 249 g/mol. The molecule has 3 nitrogen and oxygen atoms in total. The molecule has 1 aliphatic heterocycles. The fourth-order valence-corrected chi connectivity index (χ4v) is 2.55. The highest BCUT2D eigenvalue weighted by Crippen LogP contribution is 2.17. The Labute approximate surface area is 109 Å². The highest BCUT2D eigenvalue weighted by Gasteiger charge is 2.20. The van der Waals surface area contributed by atoms with Gasteiger partial charge >= 0.3 is 0 Å². The van der Waals surface area contributed by atoms with Gasteiger partial charge in [-0.05, 0) is 44.0 Å². The van der Waals surface area contributed by atoms with Gasteiger partial charge in [0, 0.05) is 12.6 Å². The van der Waals surface area contributed by atoms with Gasteiger partial charge in [0.25, 0.3) is 0 Å². The Morgan fingerprint density at radius 1 is 1.39 bits per heavy atom. The lowest BCUT2D eigenvalue weighted by molar-refractivity contribution is 0.0773. The van der Waals surface area contributed by atoms with Crippen molar-refractivity contribution >= 4 is 0 Å². The molecule has 100 valence electrons. The van der Waals surface area contributed by atoms with Gasteiger partial charge in [-0.15, -0.1) is 0 Å². The van der Waals surface area contributed by atoms with E-state index in [2.05, 4.69) is 24.0 Å². The Morgan fingerprint density at radius 2 is 2.28 bits per heavy atom. The number of aryl methyl sites for hydroxylation is 1. The minimum absolute atomic E-state index is 0.268. The second kappa shape index (κ2) is 6.76. The van der Waals surface area contributed by atoms with E-state index in [1.165, 1.54) is 18.4 Å². The minimum atomic E-state index is 0.268. The van der Waals surface area contributed by atoms with Crippen LogP contribution in [0, 0.1) is 6.92 Å². The van der Waals surface area contributed by atoms with Crippen molar-refractivity contribution in [2.45, 2.75) is 32.2 Å². The summed E-state index contributed by atoms with van der Waals surface area (Å²) in [5, 5.41) is 9.33. The van der Waals surface area contributed by atoms with Crippen molar-refractivity contribution in [1.29, 1.82) is 0 Å². The van der Waals surface area contributed by atoms with Gasteiger partial charge in [0.15, 0.2) is 0 Å². The molecule has 1 heterocycles. The van der Waals surface area contributed by atoms with Crippen LogP contribution in [0.15, 0.2) is 24.3 Å². The molecule has 2 rings (SSSR count). The number of rotatable bonds is 5. The largest absolute Gasteiger partial charge is 0.492 e. The average molecular weight is 249 g/mol. The SMILES string of the molecule is Cc1cccc(OCCN2CCCCC2CO)c1. The molecule has 0 spiro atoms. The molecule has 1 aromatic carbocycles. The molecule has 0 aromatic heterocycles. The number of aliphatic hydroxyl groups excluding tert-OH is 1. The number of hydrogen-bond acceptors (Lipinski definition) is 3.